The Balaban J connectivity index is 2.43. The van der Waals surface area contributed by atoms with Gasteiger partial charge < -0.3 is 10.6 Å². The second-order valence-corrected chi connectivity index (χ2v) is 5.99. The fourth-order valence-corrected chi connectivity index (χ4v) is 2.77. The molecule has 1 atom stereocenters. The number of hydrogen-bond donors (Lipinski definition) is 1. The van der Waals surface area contributed by atoms with Gasteiger partial charge in [-0.15, -0.1) is 0 Å². The Morgan fingerprint density at radius 1 is 1.12 bits per heavy atom. The minimum Gasteiger partial charge on any atom is -0.324 e. The van der Waals surface area contributed by atoms with Crippen LogP contribution in [-0.4, -0.2) is 30.1 Å². The lowest BCUT2D eigenvalue weighted by molar-refractivity contribution is 0.0806. The van der Waals surface area contributed by atoms with E-state index in [1.165, 1.54) is 38.8 Å². The van der Waals surface area contributed by atoms with Gasteiger partial charge in [0.25, 0.3) is 0 Å². The van der Waals surface area contributed by atoms with Crippen LogP contribution in [-0.2, 0) is 0 Å². The molecule has 0 aliphatic carbocycles. The molecule has 0 saturated carbocycles. The molecule has 0 aromatic heterocycles. The van der Waals surface area contributed by atoms with E-state index in [1.807, 2.05) is 0 Å². The lowest BCUT2D eigenvalue weighted by atomic mass is 9.74. The zero-order chi connectivity index (χ0) is 12.2. The molecule has 0 spiro atoms. The number of hydrogen-bond acceptors (Lipinski definition) is 2. The minimum atomic E-state index is -0.00156. The van der Waals surface area contributed by atoms with E-state index in [-0.39, 0.29) is 5.54 Å². The Morgan fingerprint density at radius 2 is 1.62 bits per heavy atom. The Morgan fingerprint density at radius 3 is 2.00 bits per heavy atom. The molecular weight excluding hydrogens is 196 g/mol. The van der Waals surface area contributed by atoms with E-state index in [0.717, 1.165) is 13.0 Å². The van der Waals surface area contributed by atoms with Gasteiger partial charge in [0.2, 0.25) is 0 Å². The molecule has 1 fully saturated rings. The van der Waals surface area contributed by atoms with Gasteiger partial charge in [-0.25, -0.2) is 0 Å². The van der Waals surface area contributed by atoms with Crippen LogP contribution in [0.1, 0.15) is 59.8 Å². The van der Waals surface area contributed by atoms with E-state index < -0.39 is 0 Å². The van der Waals surface area contributed by atoms with Crippen LogP contribution >= 0.6 is 0 Å². The highest BCUT2D eigenvalue weighted by molar-refractivity contribution is 4.88. The smallest absolute Gasteiger partial charge is 0.0252 e. The third-order valence-electron chi connectivity index (χ3n) is 4.81. The summed E-state index contributed by atoms with van der Waals surface area (Å²) >= 11 is 0. The Kier molecular flexibility index (Phi) is 4.81. The van der Waals surface area contributed by atoms with Crippen molar-refractivity contribution in [1.82, 2.24) is 4.90 Å². The summed E-state index contributed by atoms with van der Waals surface area (Å²) in [6.07, 6.45) is 6.46. The van der Waals surface area contributed by atoms with Crippen molar-refractivity contribution in [2.75, 3.05) is 19.6 Å². The van der Waals surface area contributed by atoms with Gasteiger partial charge >= 0.3 is 0 Å². The monoisotopic (exact) mass is 226 g/mol. The molecule has 2 N–H and O–H groups in total. The van der Waals surface area contributed by atoms with Gasteiger partial charge in [-0.1, -0.05) is 33.6 Å². The molecule has 0 amide bonds. The molecule has 96 valence electrons. The van der Waals surface area contributed by atoms with Gasteiger partial charge in [-0.05, 0) is 44.7 Å². The summed E-state index contributed by atoms with van der Waals surface area (Å²) in [6, 6.07) is 0. The van der Waals surface area contributed by atoms with Gasteiger partial charge in [0.05, 0.1) is 0 Å². The zero-order valence-electron chi connectivity index (χ0n) is 11.7. The molecule has 2 nitrogen and oxygen atoms in total. The highest BCUT2D eigenvalue weighted by atomic mass is 15.2. The first-order valence-corrected chi connectivity index (χ1v) is 6.98. The molecule has 0 aromatic rings. The molecular formula is C14H30N2. The molecule has 1 saturated heterocycles. The van der Waals surface area contributed by atoms with E-state index in [0.29, 0.717) is 5.41 Å². The first kappa shape index (κ1) is 14.0. The van der Waals surface area contributed by atoms with Crippen LogP contribution in [0.3, 0.4) is 0 Å². The van der Waals surface area contributed by atoms with Crippen molar-refractivity contribution < 1.29 is 0 Å². The van der Waals surface area contributed by atoms with Crippen molar-refractivity contribution in [2.45, 2.75) is 65.3 Å². The molecule has 1 aliphatic rings. The summed E-state index contributed by atoms with van der Waals surface area (Å²) in [5, 5.41) is 0. The lowest BCUT2D eigenvalue weighted by Crippen LogP contribution is -2.50. The molecule has 1 heterocycles. The molecule has 0 radical (unpaired) electrons. The topological polar surface area (TPSA) is 29.3 Å². The second-order valence-electron chi connectivity index (χ2n) is 5.99. The van der Waals surface area contributed by atoms with Crippen LogP contribution < -0.4 is 5.73 Å². The Bertz CT molecular complexity index is 197. The third kappa shape index (κ3) is 3.46. The number of rotatable bonds is 5. The summed E-state index contributed by atoms with van der Waals surface area (Å²) < 4.78 is 0. The Hall–Kier alpha value is -0.0800. The third-order valence-corrected chi connectivity index (χ3v) is 4.81. The normalized spacial score (nSPS) is 25.3. The molecule has 2 heteroatoms. The average Bonchev–Trinajstić information content (AvgIpc) is 2.30. The summed E-state index contributed by atoms with van der Waals surface area (Å²) in [4.78, 5) is 2.56. The Labute approximate surface area is 102 Å². The van der Waals surface area contributed by atoms with E-state index in [9.17, 15) is 0 Å². The van der Waals surface area contributed by atoms with Gasteiger partial charge in [-0.3, -0.25) is 0 Å². The first-order chi connectivity index (χ1) is 7.47. The first-order valence-electron chi connectivity index (χ1n) is 6.98. The molecule has 0 aromatic carbocycles. The summed E-state index contributed by atoms with van der Waals surface area (Å²) in [5.41, 5.74) is 6.87. The summed E-state index contributed by atoms with van der Waals surface area (Å²) in [7, 11) is 0. The van der Waals surface area contributed by atoms with Gasteiger partial charge in [0.15, 0.2) is 0 Å². The van der Waals surface area contributed by atoms with Crippen LogP contribution in [0.15, 0.2) is 0 Å². The van der Waals surface area contributed by atoms with Crippen LogP contribution in [0, 0.1) is 5.41 Å². The van der Waals surface area contributed by atoms with E-state index in [2.05, 4.69) is 32.6 Å². The average molecular weight is 226 g/mol. The van der Waals surface area contributed by atoms with E-state index >= 15 is 0 Å². The fourth-order valence-electron chi connectivity index (χ4n) is 2.77. The van der Waals surface area contributed by atoms with Crippen molar-refractivity contribution in [3.8, 4) is 0 Å². The SMILES string of the molecule is CCC(C)(N)CN1CCC(CC)(CC)CC1. The molecule has 1 unspecified atom stereocenters. The highest BCUT2D eigenvalue weighted by Gasteiger charge is 2.32. The van der Waals surface area contributed by atoms with Crippen LogP contribution in [0.5, 0.6) is 0 Å². The van der Waals surface area contributed by atoms with Crippen molar-refractivity contribution >= 4 is 0 Å². The number of likely N-dealkylation sites (tertiary alicyclic amines) is 1. The number of nitrogens with two attached hydrogens (primary N) is 1. The van der Waals surface area contributed by atoms with Crippen molar-refractivity contribution in [3.05, 3.63) is 0 Å². The maximum absolute atomic E-state index is 6.24. The fraction of sp³-hybridized carbons (Fsp3) is 1.00. The predicted octanol–water partition coefficient (Wildman–Crippen LogP) is 3.02. The number of nitrogens with zero attached hydrogens (tertiary/aromatic N) is 1. The van der Waals surface area contributed by atoms with Gasteiger partial charge in [0.1, 0.15) is 0 Å². The van der Waals surface area contributed by atoms with Gasteiger partial charge in [0, 0.05) is 12.1 Å². The largest absolute Gasteiger partial charge is 0.324 e. The number of piperidine rings is 1. The van der Waals surface area contributed by atoms with Crippen molar-refractivity contribution in [3.63, 3.8) is 0 Å². The zero-order valence-corrected chi connectivity index (χ0v) is 11.7. The maximum Gasteiger partial charge on any atom is 0.0252 e. The molecule has 1 rings (SSSR count). The van der Waals surface area contributed by atoms with Crippen LogP contribution in [0.2, 0.25) is 0 Å². The lowest BCUT2D eigenvalue weighted by Gasteiger charge is -2.43. The standard InChI is InChI=1S/C14H30N2/c1-5-13(4,15)12-16-10-8-14(6-2,7-3)9-11-16/h5-12,15H2,1-4H3. The molecule has 1 aliphatic heterocycles. The minimum absolute atomic E-state index is 0.00156. The quantitative estimate of drug-likeness (QED) is 0.781. The van der Waals surface area contributed by atoms with Gasteiger partial charge in [-0.2, -0.15) is 0 Å². The van der Waals surface area contributed by atoms with Crippen molar-refractivity contribution in [1.29, 1.82) is 0 Å². The molecule has 16 heavy (non-hydrogen) atoms. The molecule has 0 bridgehead atoms. The maximum atomic E-state index is 6.24. The highest BCUT2D eigenvalue weighted by Crippen LogP contribution is 2.38. The summed E-state index contributed by atoms with van der Waals surface area (Å²) in [6.45, 7) is 12.6. The van der Waals surface area contributed by atoms with Crippen LogP contribution in [0.25, 0.3) is 0 Å². The van der Waals surface area contributed by atoms with E-state index in [1.54, 1.807) is 0 Å². The second kappa shape index (κ2) is 5.50. The predicted molar refractivity (Wildman–Crippen MR) is 71.6 cm³/mol. The van der Waals surface area contributed by atoms with Crippen molar-refractivity contribution in [2.24, 2.45) is 11.1 Å². The summed E-state index contributed by atoms with van der Waals surface area (Å²) in [5.74, 6) is 0. The van der Waals surface area contributed by atoms with Crippen LogP contribution in [0.4, 0.5) is 0 Å². The van der Waals surface area contributed by atoms with E-state index in [4.69, 9.17) is 5.73 Å².